The Hall–Kier alpha value is -7.28. The predicted molar refractivity (Wildman–Crippen MR) is 240 cm³/mol. The molecular formula is C47H50N12O7. The van der Waals surface area contributed by atoms with E-state index in [4.69, 9.17) is 4.74 Å². The summed E-state index contributed by atoms with van der Waals surface area (Å²) in [5.74, 6) is -1.22. The molecule has 66 heavy (non-hydrogen) atoms. The topological polar surface area (TPSA) is 217 Å². The van der Waals surface area contributed by atoms with Crippen LogP contribution in [0, 0.1) is 12.8 Å². The predicted octanol–water partition coefficient (Wildman–Crippen LogP) is 3.25. The summed E-state index contributed by atoms with van der Waals surface area (Å²) in [5.41, 5.74) is 4.99. The molecule has 1 atom stereocenters. The van der Waals surface area contributed by atoms with Gasteiger partial charge in [0.25, 0.3) is 23.6 Å². The summed E-state index contributed by atoms with van der Waals surface area (Å²) >= 11 is 0. The molecule has 4 aliphatic heterocycles. The monoisotopic (exact) mass is 894 g/mol. The first-order valence-electron chi connectivity index (χ1n) is 22.6. The number of piperidine rings is 2. The number of hydrogen-bond donors (Lipinski definition) is 3. The van der Waals surface area contributed by atoms with E-state index >= 15 is 0 Å². The van der Waals surface area contributed by atoms with Crippen LogP contribution in [0.2, 0.25) is 0 Å². The Kier molecular flexibility index (Phi) is 11.6. The number of hydrogen-bond acceptors (Lipinski definition) is 14. The smallest absolute Gasteiger partial charge is 0.270 e. The molecule has 340 valence electrons. The zero-order chi connectivity index (χ0) is 45.5. The normalized spacial score (nSPS) is 21.4. The number of carbonyl (C=O) groups is 6. The number of carbonyl (C=O) groups excluding carboxylic acids is 6. The highest BCUT2D eigenvalue weighted by Crippen LogP contribution is 2.36. The Balaban J connectivity index is 0.647. The number of pyridine rings is 1. The van der Waals surface area contributed by atoms with Gasteiger partial charge < -0.3 is 29.7 Å². The van der Waals surface area contributed by atoms with Crippen LogP contribution in [0.15, 0.2) is 73.3 Å². The molecule has 1 aliphatic carbocycles. The van der Waals surface area contributed by atoms with E-state index in [1.54, 1.807) is 24.8 Å². The van der Waals surface area contributed by atoms with Crippen molar-refractivity contribution in [3.63, 3.8) is 0 Å². The second-order valence-corrected chi connectivity index (χ2v) is 17.7. The molecule has 0 spiro atoms. The standard InChI is InChI=1S/C47H50N12O7/c1-28-3-2-4-37(51-28)44(62)53-31-21-33(22-31)58-27-50-41-42(48-26-49-43(41)58)52-30-5-7-32(8-6-30)56-19-17-55(18-20-56)24-29-13-15-57(16-14-29)40(61)25-66-34-9-10-35-36(23-34)47(65)59(46(35)64)38-11-12-39(60)54-45(38)63/h2-10,23,26-27,29,31,33,38H,11-22,24-25H2,1H3,(H,53,62)(H,48,49,52)(H,54,60,63). The van der Waals surface area contributed by atoms with Crippen LogP contribution in [-0.2, 0) is 14.4 Å². The van der Waals surface area contributed by atoms with E-state index in [9.17, 15) is 28.8 Å². The first kappa shape index (κ1) is 42.7. The van der Waals surface area contributed by atoms with Crippen LogP contribution in [0.4, 0.5) is 17.2 Å². The number of imide groups is 2. The molecule has 1 unspecified atom stereocenters. The van der Waals surface area contributed by atoms with Gasteiger partial charge in [0.1, 0.15) is 23.8 Å². The van der Waals surface area contributed by atoms with Gasteiger partial charge in [-0.05, 0) is 99.5 Å². The molecule has 5 aromatic rings. The molecule has 19 nitrogen and oxygen atoms in total. The Morgan fingerprint density at radius 2 is 1.62 bits per heavy atom. The van der Waals surface area contributed by atoms with Gasteiger partial charge in [-0.25, -0.2) is 19.9 Å². The van der Waals surface area contributed by atoms with Crippen LogP contribution in [-0.4, -0.2) is 139 Å². The van der Waals surface area contributed by atoms with Crippen LogP contribution in [0.3, 0.4) is 0 Å². The van der Waals surface area contributed by atoms with Crippen LogP contribution in [0.5, 0.6) is 5.75 Å². The molecule has 7 heterocycles. The number of nitrogens with one attached hydrogen (secondary N) is 3. The third kappa shape index (κ3) is 8.65. The Bertz CT molecular complexity index is 2720. The Morgan fingerprint density at radius 1 is 0.848 bits per heavy atom. The number of nitrogens with zero attached hydrogens (tertiary/aromatic N) is 9. The number of rotatable bonds is 12. The van der Waals surface area contributed by atoms with Gasteiger partial charge in [-0.15, -0.1) is 0 Å². The van der Waals surface area contributed by atoms with Crippen LogP contribution < -0.4 is 25.6 Å². The van der Waals surface area contributed by atoms with Crippen molar-refractivity contribution in [3.05, 3.63) is 95.8 Å². The average molecular weight is 895 g/mol. The van der Waals surface area contributed by atoms with E-state index in [0.717, 1.165) is 86.0 Å². The Morgan fingerprint density at radius 3 is 2.38 bits per heavy atom. The lowest BCUT2D eigenvalue weighted by Gasteiger charge is -2.39. The summed E-state index contributed by atoms with van der Waals surface area (Å²) in [6.45, 7) is 7.67. The molecule has 19 heteroatoms. The van der Waals surface area contributed by atoms with Crippen molar-refractivity contribution in [1.29, 1.82) is 0 Å². The minimum atomic E-state index is -1.05. The minimum absolute atomic E-state index is 0.0415. The van der Waals surface area contributed by atoms with Crippen molar-refractivity contribution in [2.24, 2.45) is 5.92 Å². The third-order valence-corrected chi connectivity index (χ3v) is 13.4. The summed E-state index contributed by atoms with van der Waals surface area (Å²) in [6, 6.07) is 17.4. The second-order valence-electron chi connectivity index (χ2n) is 17.7. The van der Waals surface area contributed by atoms with Gasteiger partial charge in [-0.1, -0.05) is 6.07 Å². The molecule has 6 amide bonds. The highest BCUT2D eigenvalue weighted by atomic mass is 16.5. The molecule has 3 aromatic heterocycles. The van der Waals surface area contributed by atoms with Gasteiger partial charge in [0, 0.05) is 81.4 Å². The van der Waals surface area contributed by atoms with Crippen molar-refractivity contribution in [3.8, 4) is 5.75 Å². The fourth-order valence-corrected chi connectivity index (χ4v) is 9.66. The number of anilines is 3. The SMILES string of the molecule is Cc1cccc(C(=O)NC2CC(n3cnc4c(Nc5ccc(N6CCN(CC7CCN(C(=O)COc8ccc9c(c8)C(=O)N(C8CCC(=O)NC8=O)C9=O)CC7)CC6)cc5)ncnc43)C2)n1. The summed E-state index contributed by atoms with van der Waals surface area (Å²) in [6.07, 6.45) is 6.83. The molecule has 5 aliphatic rings. The molecule has 0 radical (unpaired) electrons. The van der Waals surface area contributed by atoms with Crippen LogP contribution in [0.25, 0.3) is 11.2 Å². The van der Waals surface area contributed by atoms with E-state index in [2.05, 4.69) is 74.5 Å². The molecule has 10 rings (SSSR count). The van der Waals surface area contributed by atoms with E-state index < -0.39 is 29.7 Å². The fourth-order valence-electron chi connectivity index (χ4n) is 9.66. The summed E-state index contributed by atoms with van der Waals surface area (Å²) in [4.78, 5) is 102. The summed E-state index contributed by atoms with van der Waals surface area (Å²) in [7, 11) is 0. The number of benzene rings is 2. The molecule has 3 N–H and O–H groups in total. The van der Waals surface area contributed by atoms with Crippen molar-refractivity contribution < 1.29 is 33.5 Å². The van der Waals surface area contributed by atoms with Gasteiger partial charge in [-0.2, -0.15) is 0 Å². The number of likely N-dealkylation sites (tertiary alicyclic amines) is 1. The van der Waals surface area contributed by atoms with Gasteiger partial charge in [0.05, 0.1) is 17.5 Å². The average Bonchev–Trinajstić information content (AvgIpc) is 3.85. The lowest BCUT2D eigenvalue weighted by Crippen LogP contribution is -2.54. The second kappa shape index (κ2) is 17.9. The number of aryl methyl sites for hydroxylation is 1. The number of fused-ring (bicyclic) bond motifs is 2. The number of aromatic nitrogens is 5. The maximum atomic E-state index is 13.2. The summed E-state index contributed by atoms with van der Waals surface area (Å²) < 4.78 is 7.86. The lowest BCUT2D eigenvalue weighted by molar-refractivity contribution is -0.136. The first-order chi connectivity index (χ1) is 32.0. The summed E-state index contributed by atoms with van der Waals surface area (Å²) in [5, 5.41) is 8.72. The van der Waals surface area contributed by atoms with Crippen molar-refractivity contribution in [2.45, 2.75) is 63.6 Å². The first-order valence-corrected chi connectivity index (χ1v) is 22.6. The zero-order valence-electron chi connectivity index (χ0n) is 36.5. The van der Waals surface area contributed by atoms with E-state index in [1.165, 1.54) is 12.1 Å². The van der Waals surface area contributed by atoms with Gasteiger partial charge in [0.15, 0.2) is 23.6 Å². The molecular weight excluding hydrogens is 845 g/mol. The Labute approximate surface area is 379 Å². The fraction of sp³-hybridized carbons (Fsp3) is 0.404. The van der Waals surface area contributed by atoms with Crippen LogP contribution in [0.1, 0.15) is 81.5 Å². The van der Waals surface area contributed by atoms with Crippen molar-refractivity contribution in [2.75, 3.05) is 62.6 Å². The molecule has 3 saturated heterocycles. The zero-order valence-corrected chi connectivity index (χ0v) is 36.5. The maximum Gasteiger partial charge on any atom is 0.270 e. The number of ether oxygens (including phenoxy) is 1. The number of imidazole rings is 1. The van der Waals surface area contributed by atoms with Crippen molar-refractivity contribution >= 4 is 63.8 Å². The number of piperazine rings is 1. The molecule has 4 fully saturated rings. The van der Waals surface area contributed by atoms with Crippen molar-refractivity contribution in [1.82, 2.24) is 49.8 Å². The number of amides is 6. The van der Waals surface area contributed by atoms with E-state index in [-0.39, 0.29) is 60.2 Å². The minimum Gasteiger partial charge on any atom is -0.484 e. The quantitative estimate of drug-likeness (QED) is 0.153. The van der Waals surface area contributed by atoms with E-state index in [0.29, 0.717) is 36.0 Å². The maximum absolute atomic E-state index is 13.2. The van der Waals surface area contributed by atoms with E-state index in [1.807, 2.05) is 24.0 Å². The lowest BCUT2D eigenvalue weighted by atomic mass is 9.86. The molecule has 1 saturated carbocycles. The largest absolute Gasteiger partial charge is 0.484 e. The van der Waals surface area contributed by atoms with Crippen LogP contribution >= 0.6 is 0 Å². The molecule has 0 bridgehead atoms. The molecule has 2 aromatic carbocycles. The van der Waals surface area contributed by atoms with Gasteiger partial charge in [0.2, 0.25) is 11.8 Å². The highest BCUT2D eigenvalue weighted by Gasteiger charge is 2.45. The third-order valence-electron chi connectivity index (χ3n) is 13.4. The van der Waals surface area contributed by atoms with Gasteiger partial charge in [-0.3, -0.25) is 43.9 Å². The van der Waals surface area contributed by atoms with Gasteiger partial charge >= 0.3 is 0 Å². The highest BCUT2D eigenvalue weighted by molar-refractivity contribution is 6.23.